The van der Waals surface area contributed by atoms with E-state index in [9.17, 15) is 9.18 Å². The van der Waals surface area contributed by atoms with Crippen LogP contribution in [0.25, 0.3) is 10.4 Å². The average molecular weight is 222 g/mol. The number of hydrogen-bond acceptors (Lipinski definition) is 2. The minimum absolute atomic E-state index is 0.242. The molecule has 0 radical (unpaired) electrons. The fraction of sp³-hybridized carbons (Fsp3) is 0. The van der Waals surface area contributed by atoms with Gasteiger partial charge in [-0.1, -0.05) is 30.3 Å². The van der Waals surface area contributed by atoms with E-state index >= 15 is 0 Å². The van der Waals surface area contributed by atoms with E-state index in [0.717, 1.165) is 16.9 Å². The van der Waals surface area contributed by atoms with Gasteiger partial charge in [-0.2, -0.15) is 0 Å². The molecule has 2 aromatic rings. The molecule has 2 nitrogen and oxygen atoms in total. The summed E-state index contributed by atoms with van der Waals surface area (Å²) in [6, 6.07) is 10.4. The molecule has 0 bridgehead atoms. The fourth-order valence-electron chi connectivity index (χ4n) is 1.26. The minimum atomic E-state index is -1.22. The summed E-state index contributed by atoms with van der Waals surface area (Å²) in [5.74, 6) is -1.90. The van der Waals surface area contributed by atoms with Gasteiger partial charge in [0.1, 0.15) is 10.7 Å². The number of aromatic carboxylic acids is 1. The topological polar surface area (TPSA) is 37.3 Å². The number of halogens is 1. The average Bonchev–Trinajstić information content (AvgIpc) is 2.62. The Morgan fingerprint density at radius 2 is 1.93 bits per heavy atom. The Kier molecular flexibility index (Phi) is 2.51. The summed E-state index contributed by atoms with van der Waals surface area (Å²) in [5, 5.41) is 8.70. The predicted octanol–water partition coefficient (Wildman–Crippen LogP) is 3.25. The molecule has 4 heteroatoms. The summed E-state index contributed by atoms with van der Waals surface area (Å²) < 4.78 is 13.2. The Balaban J connectivity index is 2.48. The first-order valence-electron chi connectivity index (χ1n) is 4.26. The second-order valence-corrected chi connectivity index (χ2v) is 4.01. The fourth-order valence-corrected chi connectivity index (χ4v) is 2.14. The van der Waals surface area contributed by atoms with Crippen LogP contribution in [0.15, 0.2) is 36.4 Å². The van der Waals surface area contributed by atoms with Crippen LogP contribution in [0.3, 0.4) is 0 Å². The molecule has 0 unspecified atom stereocenters. The van der Waals surface area contributed by atoms with Crippen molar-refractivity contribution in [2.75, 3.05) is 0 Å². The van der Waals surface area contributed by atoms with Gasteiger partial charge in [-0.3, -0.25) is 0 Å². The van der Waals surface area contributed by atoms with Gasteiger partial charge < -0.3 is 5.11 Å². The van der Waals surface area contributed by atoms with Crippen LogP contribution in [-0.4, -0.2) is 11.1 Å². The molecular weight excluding hydrogens is 215 g/mol. The number of thiophene rings is 1. The Bertz CT molecular complexity index is 491. The third-order valence-electron chi connectivity index (χ3n) is 1.94. The lowest BCUT2D eigenvalue weighted by Gasteiger charge is -1.93. The van der Waals surface area contributed by atoms with Gasteiger partial charge in [0.25, 0.3) is 0 Å². The van der Waals surface area contributed by atoms with Crippen LogP contribution < -0.4 is 0 Å². The van der Waals surface area contributed by atoms with Crippen molar-refractivity contribution in [1.29, 1.82) is 0 Å². The van der Waals surface area contributed by atoms with Crippen molar-refractivity contribution in [3.05, 3.63) is 47.1 Å². The summed E-state index contributed by atoms with van der Waals surface area (Å²) >= 11 is 0.946. The molecule has 0 aliphatic heterocycles. The third-order valence-corrected chi connectivity index (χ3v) is 3.09. The van der Waals surface area contributed by atoms with Crippen LogP contribution in [0.4, 0.5) is 4.39 Å². The van der Waals surface area contributed by atoms with Crippen molar-refractivity contribution in [2.24, 2.45) is 0 Å². The maximum atomic E-state index is 13.2. The smallest absolute Gasteiger partial charge is 0.348 e. The number of benzene rings is 1. The Hall–Kier alpha value is -1.68. The quantitative estimate of drug-likeness (QED) is 0.846. The lowest BCUT2D eigenvalue weighted by Crippen LogP contribution is -1.93. The normalized spacial score (nSPS) is 10.2. The largest absolute Gasteiger partial charge is 0.477 e. The van der Waals surface area contributed by atoms with Crippen molar-refractivity contribution in [1.82, 2.24) is 0 Å². The third kappa shape index (κ3) is 1.89. The van der Waals surface area contributed by atoms with E-state index in [2.05, 4.69) is 0 Å². The summed E-state index contributed by atoms with van der Waals surface area (Å²) in [4.78, 5) is 11.0. The molecule has 76 valence electrons. The molecule has 1 N–H and O–H groups in total. The molecule has 1 heterocycles. The summed E-state index contributed by atoms with van der Waals surface area (Å²) in [5.41, 5.74) is 0.828. The zero-order valence-electron chi connectivity index (χ0n) is 7.61. The molecule has 0 amide bonds. The first-order valence-corrected chi connectivity index (χ1v) is 5.08. The van der Waals surface area contributed by atoms with Gasteiger partial charge >= 0.3 is 5.97 Å². The molecule has 0 saturated carbocycles. The first-order chi connectivity index (χ1) is 7.18. The minimum Gasteiger partial charge on any atom is -0.477 e. The second kappa shape index (κ2) is 3.82. The van der Waals surface area contributed by atoms with Gasteiger partial charge in [-0.25, -0.2) is 9.18 Å². The molecule has 0 aliphatic rings. The van der Waals surface area contributed by atoms with Gasteiger partial charge in [0, 0.05) is 4.88 Å². The zero-order valence-corrected chi connectivity index (χ0v) is 8.42. The van der Waals surface area contributed by atoms with Crippen molar-refractivity contribution in [3.63, 3.8) is 0 Å². The maximum absolute atomic E-state index is 13.2. The standard InChI is InChI=1S/C11H7FO2S/c12-8-6-9(15-10(8)11(13)14)7-4-2-1-3-5-7/h1-6H,(H,13,14). The van der Waals surface area contributed by atoms with Gasteiger partial charge in [-0.15, -0.1) is 11.3 Å². The van der Waals surface area contributed by atoms with Gasteiger partial charge in [-0.05, 0) is 11.6 Å². The highest BCUT2D eigenvalue weighted by atomic mass is 32.1. The molecule has 2 rings (SSSR count). The van der Waals surface area contributed by atoms with Gasteiger partial charge in [0.15, 0.2) is 0 Å². The highest BCUT2D eigenvalue weighted by Gasteiger charge is 2.15. The molecule has 0 atom stereocenters. The van der Waals surface area contributed by atoms with E-state index < -0.39 is 11.8 Å². The van der Waals surface area contributed by atoms with E-state index in [4.69, 9.17) is 5.11 Å². The van der Waals surface area contributed by atoms with Crippen LogP contribution in [-0.2, 0) is 0 Å². The van der Waals surface area contributed by atoms with E-state index in [1.165, 1.54) is 6.07 Å². The van der Waals surface area contributed by atoms with Gasteiger partial charge in [0.05, 0.1) is 0 Å². The molecule has 15 heavy (non-hydrogen) atoms. The van der Waals surface area contributed by atoms with Crippen LogP contribution in [0.2, 0.25) is 0 Å². The monoisotopic (exact) mass is 222 g/mol. The summed E-state index contributed by atoms with van der Waals surface area (Å²) in [6.07, 6.45) is 0. The number of carbonyl (C=O) groups is 1. The van der Waals surface area contributed by atoms with E-state index in [0.29, 0.717) is 4.88 Å². The lowest BCUT2D eigenvalue weighted by molar-refractivity contribution is 0.0697. The number of carboxylic acids is 1. The van der Waals surface area contributed by atoms with Crippen LogP contribution in [0.1, 0.15) is 9.67 Å². The van der Waals surface area contributed by atoms with Crippen molar-refractivity contribution >= 4 is 17.3 Å². The van der Waals surface area contributed by atoms with Crippen molar-refractivity contribution in [3.8, 4) is 10.4 Å². The Labute approximate surface area is 89.6 Å². The predicted molar refractivity (Wildman–Crippen MR) is 56.7 cm³/mol. The van der Waals surface area contributed by atoms with Crippen LogP contribution in [0.5, 0.6) is 0 Å². The Morgan fingerprint density at radius 1 is 1.27 bits per heavy atom. The molecule has 0 fully saturated rings. The van der Waals surface area contributed by atoms with E-state index in [-0.39, 0.29) is 4.88 Å². The molecule has 0 aliphatic carbocycles. The number of hydrogen-bond donors (Lipinski definition) is 1. The molecule has 1 aromatic heterocycles. The number of carboxylic acid groups (broad SMARTS) is 1. The van der Waals surface area contributed by atoms with Crippen LogP contribution in [0, 0.1) is 5.82 Å². The van der Waals surface area contributed by atoms with E-state index in [1.807, 2.05) is 30.3 Å². The maximum Gasteiger partial charge on any atom is 0.348 e. The SMILES string of the molecule is O=C(O)c1sc(-c2ccccc2)cc1F. The molecule has 0 saturated heterocycles. The highest BCUT2D eigenvalue weighted by molar-refractivity contribution is 7.17. The van der Waals surface area contributed by atoms with Crippen molar-refractivity contribution < 1.29 is 14.3 Å². The second-order valence-electron chi connectivity index (χ2n) is 2.96. The molecular formula is C11H7FO2S. The first kappa shape index (κ1) is 9.86. The van der Waals surface area contributed by atoms with E-state index in [1.54, 1.807) is 0 Å². The molecule has 0 spiro atoms. The Morgan fingerprint density at radius 3 is 2.47 bits per heavy atom. The molecule has 1 aromatic carbocycles. The van der Waals surface area contributed by atoms with Crippen molar-refractivity contribution in [2.45, 2.75) is 0 Å². The van der Waals surface area contributed by atoms with Crippen LogP contribution >= 0.6 is 11.3 Å². The zero-order chi connectivity index (χ0) is 10.8. The highest BCUT2D eigenvalue weighted by Crippen LogP contribution is 2.30. The van der Waals surface area contributed by atoms with Gasteiger partial charge in [0.2, 0.25) is 0 Å². The summed E-state index contributed by atoms with van der Waals surface area (Å²) in [6.45, 7) is 0. The lowest BCUT2D eigenvalue weighted by atomic mass is 10.2. The number of rotatable bonds is 2. The summed E-state index contributed by atoms with van der Waals surface area (Å²) in [7, 11) is 0.